The Labute approximate surface area is 192 Å². The highest BCUT2D eigenvalue weighted by Gasteiger charge is 2.36. The Kier molecular flexibility index (Phi) is 5.41. The van der Waals surface area contributed by atoms with E-state index < -0.39 is 12.1 Å². The number of carbonyl (C=O) groups excluding carboxylic acids is 1. The SMILES string of the molecule is Cc1cc(C2OC=C(C(N)=O)N2c2cc3cn(C)nc3cc2N2CCC(CO)CC2)ccn1. The minimum absolute atomic E-state index is 0.206. The highest BCUT2D eigenvalue weighted by atomic mass is 16.5. The van der Waals surface area contributed by atoms with E-state index in [0.717, 1.165) is 59.5 Å². The van der Waals surface area contributed by atoms with E-state index in [1.807, 2.05) is 43.3 Å². The fourth-order valence-electron chi connectivity index (χ4n) is 4.73. The van der Waals surface area contributed by atoms with Gasteiger partial charge in [0.15, 0.2) is 0 Å². The minimum atomic E-state index is -0.556. The standard InChI is InChI=1S/C24H28N6O3/c1-15-9-17(3-6-26-15)24-30(22(14-33-24)23(25)32)21-10-18-12-28(2)27-19(18)11-20(21)29-7-4-16(13-31)5-8-29/h3,6,9-12,14,16,24,31H,4-5,7-8,13H2,1-2H3,(H2,25,32). The molecule has 172 valence electrons. The number of hydrogen-bond donors (Lipinski definition) is 2. The first-order valence-corrected chi connectivity index (χ1v) is 11.1. The van der Waals surface area contributed by atoms with E-state index in [4.69, 9.17) is 10.5 Å². The molecule has 33 heavy (non-hydrogen) atoms. The molecule has 1 atom stereocenters. The lowest BCUT2D eigenvalue weighted by Gasteiger charge is -2.37. The monoisotopic (exact) mass is 448 g/mol. The third kappa shape index (κ3) is 3.89. The summed E-state index contributed by atoms with van der Waals surface area (Å²) in [6.07, 6.45) is 6.39. The number of aliphatic hydroxyl groups excluding tert-OH is 1. The molecule has 5 rings (SSSR count). The van der Waals surface area contributed by atoms with Crippen LogP contribution in [0.5, 0.6) is 0 Å². The average Bonchev–Trinajstić information content (AvgIpc) is 3.41. The number of anilines is 2. The van der Waals surface area contributed by atoms with E-state index in [1.165, 1.54) is 6.26 Å². The van der Waals surface area contributed by atoms with Gasteiger partial charge in [0, 0.05) is 55.8 Å². The number of aromatic nitrogens is 3. The lowest BCUT2D eigenvalue weighted by Crippen LogP contribution is -2.37. The van der Waals surface area contributed by atoms with E-state index in [1.54, 1.807) is 10.9 Å². The molecule has 0 bridgehead atoms. The summed E-state index contributed by atoms with van der Waals surface area (Å²) in [6.45, 7) is 3.74. The second kappa shape index (κ2) is 8.40. The Bertz CT molecular complexity index is 1230. The van der Waals surface area contributed by atoms with Crippen LogP contribution in [0.3, 0.4) is 0 Å². The summed E-state index contributed by atoms with van der Waals surface area (Å²) in [5.41, 5.74) is 10.5. The zero-order valence-corrected chi connectivity index (χ0v) is 18.8. The van der Waals surface area contributed by atoms with Crippen molar-refractivity contribution in [2.24, 2.45) is 18.7 Å². The molecule has 1 unspecified atom stereocenters. The third-order valence-corrected chi connectivity index (χ3v) is 6.45. The fraction of sp³-hybridized carbons (Fsp3) is 0.375. The summed E-state index contributed by atoms with van der Waals surface area (Å²) in [5, 5.41) is 15.1. The molecule has 2 aliphatic heterocycles. The molecule has 3 aromatic rings. The highest BCUT2D eigenvalue weighted by molar-refractivity contribution is 6.00. The summed E-state index contributed by atoms with van der Waals surface area (Å²) in [6, 6.07) is 7.94. The summed E-state index contributed by atoms with van der Waals surface area (Å²) in [5.74, 6) is -0.244. The molecule has 4 heterocycles. The van der Waals surface area contributed by atoms with Crippen LogP contribution in [-0.4, -0.2) is 45.5 Å². The van der Waals surface area contributed by atoms with Crippen LogP contribution in [-0.2, 0) is 16.6 Å². The van der Waals surface area contributed by atoms with Gasteiger partial charge < -0.3 is 20.5 Å². The van der Waals surface area contributed by atoms with Crippen molar-refractivity contribution in [2.75, 3.05) is 29.5 Å². The molecule has 0 radical (unpaired) electrons. The van der Waals surface area contributed by atoms with E-state index in [0.29, 0.717) is 11.6 Å². The number of piperidine rings is 1. The summed E-state index contributed by atoms with van der Waals surface area (Å²) >= 11 is 0. The molecule has 1 amide bonds. The van der Waals surface area contributed by atoms with Crippen molar-refractivity contribution in [3.63, 3.8) is 0 Å². The summed E-state index contributed by atoms with van der Waals surface area (Å²) in [7, 11) is 1.89. The van der Waals surface area contributed by atoms with Gasteiger partial charge in [-0.15, -0.1) is 0 Å². The molecule has 9 nitrogen and oxygen atoms in total. The maximum atomic E-state index is 12.4. The van der Waals surface area contributed by atoms with Gasteiger partial charge >= 0.3 is 0 Å². The molecule has 2 aliphatic rings. The normalized spacial score (nSPS) is 19.1. The third-order valence-electron chi connectivity index (χ3n) is 6.45. The van der Waals surface area contributed by atoms with Crippen molar-refractivity contribution in [3.8, 4) is 0 Å². The van der Waals surface area contributed by atoms with E-state index in [-0.39, 0.29) is 6.61 Å². The topological polar surface area (TPSA) is 110 Å². The Balaban J connectivity index is 1.65. The molecule has 3 N–H and O–H groups in total. The van der Waals surface area contributed by atoms with E-state index in [9.17, 15) is 9.90 Å². The van der Waals surface area contributed by atoms with Crippen molar-refractivity contribution in [3.05, 3.63) is 59.9 Å². The molecule has 1 saturated heterocycles. The molecule has 0 saturated carbocycles. The van der Waals surface area contributed by atoms with Gasteiger partial charge in [-0.2, -0.15) is 5.10 Å². The van der Waals surface area contributed by atoms with Crippen molar-refractivity contribution in [2.45, 2.75) is 26.0 Å². The Hall–Kier alpha value is -3.59. The molecular formula is C24H28N6O3. The number of nitrogens with zero attached hydrogens (tertiary/aromatic N) is 5. The molecular weight excluding hydrogens is 420 g/mol. The predicted molar refractivity (Wildman–Crippen MR) is 125 cm³/mol. The van der Waals surface area contributed by atoms with Crippen LogP contribution in [0.25, 0.3) is 10.9 Å². The number of aryl methyl sites for hydroxylation is 2. The number of aliphatic hydroxyl groups is 1. The number of pyridine rings is 1. The van der Waals surface area contributed by atoms with Crippen molar-refractivity contribution >= 4 is 28.2 Å². The predicted octanol–water partition coefficient (Wildman–Crippen LogP) is 2.35. The number of primary amides is 1. The largest absolute Gasteiger partial charge is 0.471 e. The van der Waals surface area contributed by atoms with Crippen LogP contribution in [0.4, 0.5) is 11.4 Å². The number of benzene rings is 1. The Morgan fingerprint density at radius 3 is 2.73 bits per heavy atom. The maximum absolute atomic E-state index is 12.4. The van der Waals surface area contributed by atoms with Gasteiger partial charge in [-0.3, -0.25) is 19.4 Å². The van der Waals surface area contributed by atoms with Crippen molar-refractivity contribution < 1.29 is 14.6 Å². The van der Waals surface area contributed by atoms with E-state index >= 15 is 0 Å². The van der Waals surface area contributed by atoms with Gasteiger partial charge in [0.1, 0.15) is 12.0 Å². The first-order valence-electron chi connectivity index (χ1n) is 11.1. The van der Waals surface area contributed by atoms with Gasteiger partial charge in [-0.05, 0) is 49.9 Å². The minimum Gasteiger partial charge on any atom is -0.471 e. The number of ether oxygens (including phenoxy) is 1. The lowest BCUT2D eigenvalue weighted by atomic mass is 9.97. The quantitative estimate of drug-likeness (QED) is 0.617. The first kappa shape index (κ1) is 21.3. The van der Waals surface area contributed by atoms with Crippen molar-refractivity contribution in [1.29, 1.82) is 0 Å². The van der Waals surface area contributed by atoms with Crippen LogP contribution >= 0.6 is 0 Å². The number of carbonyl (C=O) groups is 1. The number of rotatable bonds is 5. The summed E-state index contributed by atoms with van der Waals surface area (Å²) in [4.78, 5) is 20.9. The maximum Gasteiger partial charge on any atom is 0.268 e. The second-order valence-corrected chi connectivity index (χ2v) is 8.77. The molecule has 0 aliphatic carbocycles. The Morgan fingerprint density at radius 1 is 1.24 bits per heavy atom. The van der Waals surface area contributed by atoms with Gasteiger partial charge in [0.05, 0.1) is 16.9 Å². The zero-order chi connectivity index (χ0) is 23.1. The summed E-state index contributed by atoms with van der Waals surface area (Å²) < 4.78 is 7.77. The van der Waals surface area contributed by atoms with Gasteiger partial charge in [0.2, 0.25) is 6.23 Å². The number of fused-ring (bicyclic) bond motifs is 1. The molecule has 0 spiro atoms. The Morgan fingerprint density at radius 2 is 2.03 bits per heavy atom. The lowest BCUT2D eigenvalue weighted by molar-refractivity contribution is -0.114. The number of hydrogen-bond acceptors (Lipinski definition) is 7. The van der Waals surface area contributed by atoms with Crippen LogP contribution in [0, 0.1) is 12.8 Å². The average molecular weight is 449 g/mol. The fourth-order valence-corrected chi connectivity index (χ4v) is 4.73. The smallest absolute Gasteiger partial charge is 0.268 e. The van der Waals surface area contributed by atoms with Crippen LogP contribution in [0.1, 0.15) is 30.3 Å². The number of amides is 1. The van der Waals surface area contributed by atoms with Crippen molar-refractivity contribution in [1.82, 2.24) is 14.8 Å². The highest BCUT2D eigenvalue weighted by Crippen LogP contribution is 2.44. The second-order valence-electron chi connectivity index (χ2n) is 8.77. The van der Waals surface area contributed by atoms with Gasteiger partial charge in [-0.25, -0.2) is 0 Å². The first-order chi connectivity index (χ1) is 15.9. The van der Waals surface area contributed by atoms with Crippen LogP contribution in [0.2, 0.25) is 0 Å². The van der Waals surface area contributed by atoms with E-state index in [2.05, 4.69) is 21.0 Å². The molecule has 1 aromatic carbocycles. The van der Waals surface area contributed by atoms with Crippen LogP contribution in [0.15, 0.2) is 48.6 Å². The number of nitrogens with two attached hydrogens (primary N) is 1. The zero-order valence-electron chi connectivity index (χ0n) is 18.8. The molecule has 1 fully saturated rings. The van der Waals surface area contributed by atoms with Gasteiger partial charge in [-0.1, -0.05) is 0 Å². The van der Waals surface area contributed by atoms with Gasteiger partial charge in [0.25, 0.3) is 5.91 Å². The van der Waals surface area contributed by atoms with Crippen LogP contribution < -0.4 is 15.5 Å². The molecule has 9 heteroatoms. The molecule has 2 aromatic heterocycles.